The first-order chi connectivity index (χ1) is 11.0. The van der Waals surface area contributed by atoms with Gasteiger partial charge in [-0.15, -0.1) is 5.10 Å². The Morgan fingerprint density at radius 2 is 2.04 bits per heavy atom. The minimum absolute atomic E-state index is 0.296. The SMILES string of the molecule is COC(=O)N(C)/C(C)=C/COc1ccn(-c2ccc(Cl)cc2)n1. The van der Waals surface area contributed by atoms with Gasteiger partial charge < -0.3 is 9.47 Å². The standard InChI is InChI=1S/C16H18ClN3O3/c1-12(19(2)16(21)22-3)9-11-23-15-8-10-20(18-15)14-6-4-13(17)5-7-14/h4-10H,11H2,1-3H3/b12-9+. The van der Waals surface area contributed by atoms with E-state index in [1.165, 1.54) is 12.0 Å². The molecular formula is C16H18ClN3O3. The minimum Gasteiger partial charge on any atom is -0.472 e. The predicted molar refractivity (Wildman–Crippen MR) is 88.0 cm³/mol. The molecule has 122 valence electrons. The molecule has 1 aromatic heterocycles. The zero-order valence-electron chi connectivity index (χ0n) is 13.2. The molecular weight excluding hydrogens is 318 g/mol. The largest absolute Gasteiger partial charge is 0.472 e. The van der Waals surface area contributed by atoms with Crippen LogP contribution in [0.25, 0.3) is 5.69 Å². The van der Waals surface area contributed by atoms with Crippen LogP contribution in [0.4, 0.5) is 4.79 Å². The van der Waals surface area contributed by atoms with E-state index in [0.29, 0.717) is 17.5 Å². The van der Waals surface area contributed by atoms with Crippen molar-refractivity contribution in [3.8, 4) is 11.6 Å². The second kappa shape index (κ2) is 7.69. The Morgan fingerprint density at radius 3 is 2.70 bits per heavy atom. The third-order valence-electron chi connectivity index (χ3n) is 3.24. The minimum atomic E-state index is -0.425. The first kappa shape index (κ1) is 16.9. The Bertz CT molecular complexity index is 695. The first-order valence-electron chi connectivity index (χ1n) is 6.94. The van der Waals surface area contributed by atoms with Crippen LogP contribution >= 0.6 is 11.6 Å². The summed E-state index contributed by atoms with van der Waals surface area (Å²) >= 11 is 5.86. The summed E-state index contributed by atoms with van der Waals surface area (Å²) in [7, 11) is 2.97. The summed E-state index contributed by atoms with van der Waals surface area (Å²) in [5, 5.41) is 4.99. The first-order valence-corrected chi connectivity index (χ1v) is 7.32. The zero-order valence-corrected chi connectivity index (χ0v) is 13.9. The average molecular weight is 336 g/mol. The second-order valence-electron chi connectivity index (χ2n) is 4.76. The van der Waals surface area contributed by atoms with Crippen LogP contribution < -0.4 is 4.74 Å². The van der Waals surface area contributed by atoms with Crippen LogP contribution in [-0.4, -0.2) is 41.5 Å². The topological polar surface area (TPSA) is 56.6 Å². The molecule has 0 saturated carbocycles. The summed E-state index contributed by atoms with van der Waals surface area (Å²) in [5.74, 6) is 0.490. The van der Waals surface area contributed by atoms with Gasteiger partial charge in [0, 0.05) is 30.0 Å². The number of hydrogen-bond donors (Lipinski definition) is 0. The maximum Gasteiger partial charge on any atom is 0.413 e. The van der Waals surface area contributed by atoms with Gasteiger partial charge in [-0.3, -0.25) is 4.90 Å². The van der Waals surface area contributed by atoms with Crippen molar-refractivity contribution in [1.82, 2.24) is 14.7 Å². The Hall–Kier alpha value is -2.47. The number of allylic oxidation sites excluding steroid dienone is 1. The molecule has 0 aliphatic rings. The van der Waals surface area contributed by atoms with Crippen molar-refractivity contribution in [3.05, 3.63) is 53.3 Å². The third-order valence-corrected chi connectivity index (χ3v) is 3.50. The number of ether oxygens (including phenoxy) is 2. The van der Waals surface area contributed by atoms with Crippen molar-refractivity contribution in [3.63, 3.8) is 0 Å². The molecule has 23 heavy (non-hydrogen) atoms. The van der Waals surface area contributed by atoms with Crippen LogP contribution in [0.1, 0.15) is 6.92 Å². The number of rotatable bonds is 5. The lowest BCUT2D eigenvalue weighted by Gasteiger charge is -2.15. The Morgan fingerprint density at radius 1 is 1.35 bits per heavy atom. The highest BCUT2D eigenvalue weighted by molar-refractivity contribution is 6.30. The maximum absolute atomic E-state index is 11.4. The molecule has 0 bridgehead atoms. The van der Waals surface area contributed by atoms with E-state index in [0.717, 1.165) is 11.4 Å². The van der Waals surface area contributed by atoms with Gasteiger partial charge in [0.25, 0.3) is 0 Å². The van der Waals surface area contributed by atoms with Gasteiger partial charge in [-0.2, -0.15) is 0 Å². The molecule has 7 heteroatoms. The molecule has 0 fully saturated rings. The van der Waals surface area contributed by atoms with Crippen LogP contribution in [0.5, 0.6) is 5.88 Å². The van der Waals surface area contributed by atoms with Crippen molar-refractivity contribution in [2.75, 3.05) is 20.8 Å². The molecule has 1 amide bonds. The number of carbonyl (C=O) groups excluding carboxylic acids is 1. The van der Waals surface area contributed by atoms with Gasteiger partial charge in [0.2, 0.25) is 5.88 Å². The van der Waals surface area contributed by atoms with E-state index >= 15 is 0 Å². The molecule has 1 aromatic carbocycles. The average Bonchev–Trinajstić information content (AvgIpc) is 3.02. The Kier molecular flexibility index (Phi) is 5.65. The molecule has 0 N–H and O–H groups in total. The smallest absolute Gasteiger partial charge is 0.413 e. The van der Waals surface area contributed by atoms with Crippen molar-refractivity contribution >= 4 is 17.7 Å². The van der Waals surface area contributed by atoms with Gasteiger partial charge >= 0.3 is 6.09 Å². The molecule has 1 heterocycles. The van der Waals surface area contributed by atoms with E-state index in [9.17, 15) is 4.79 Å². The van der Waals surface area contributed by atoms with E-state index in [1.54, 1.807) is 49.1 Å². The van der Waals surface area contributed by atoms with Crippen molar-refractivity contribution in [1.29, 1.82) is 0 Å². The lowest BCUT2D eigenvalue weighted by Crippen LogP contribution is -2.24. The summed E-state index contributed by atoms with van der Waals surface area (Å²) in [6.45, 7) is 2.09. The van der Waals surface area contributed by atoms with Gasteiger partial charge in [-0.25, -0.2) is 9.48 Å². The number of methoxy groups -OCH3 is 1. The van der Waals surface area contributed by atoms with E-state index in [1.807, 2.05) is 12.1 Å². The third kappa shape index (κ3) is 4.50. The molecule has 0 aliphatic heterocycles. The van der Waals surface area contributed by atoms with Gasteiger partial charge in [0.15, 0.2) is 0 Å². The van der Waals surface area contributed by atoms with Crippen LogP contribution in [0.3, 0.4) is 0 Å². The van der Waals surface area contributed by atoms with Crippen LogP contribution in [0, 0.1) is 0 Å². The number of carbonyl (C=O) groups is 1. The summed E-state index contributed by atoms with van der Waals surface area (Å²) < 4.78 is 11.9. The molecule has 0 saturated heterocycles. The summed E-state index contributed by atoms with van der Waals surface area (Å²) in [6.07, 6.45) is 3.15. The fourth-order valence-corrected chi connectivity index (χ4v) is 1.91. The van der Waals surface area contributed by atoms with E-state index in [4.69, 9.17) is 16.3 Å². The second-order valence-corrected chi connectivity index (χ2v) is 5.20. The highest BCUT2D eigenvalue weighted by Gasteiger charge is 2.09. The van der Waals surface area contributed by atoms with Crippen LogP contribution in [-0.2, 0) is 4.74 Å². The molecule has 0 aliphatic carbocycles. The lowest BCUT2D eigenvalue weighted by atomic mass is 10.3. The van der Waals surface area contributed by atoms with Crippen molar-refractivity contribution in [2.24, 2.45) is 0 Å². The number of amides is 1. The fourth-order valence-electron chi connectivity index (χ4n) is 1.79. The maximum atomic E-state index is 11.4. The fraction of sp³-hybridized carbons (Fsp3) is 0.250. The molecule has 0 radical (unpaired) electrons. The van der Waals surface area contributed by atoms with Gasteiger partial charge in [-0.05, 0) is 37.3 Å². The predicted octanol–water partition coefficient (Wildman–Crippen LogP) is 3.51. The van der Waals surface area contributed by atoms with Gasteiger partial charge in [-0.1, -0.05) is 11.6 Å². The number of aromatic nitrogens is 2. The zero-order chi connectivity index (χ0) is 16.8. The molecule has 6 nitrogen and oxygen atoms in total. The normalized spacial score (nSPS) is 11.2. The summed E-state index contributed by atoms with van der Waals surface area (Å²) in [4.78, 5) is 12.8. The van der Waals surface area contributed by atoms with Gasteiger partial charge in [0.1, 0.15) is 6.61 Å². The molecule has 2 rings (SSSR count). The van der Waals surface area contributed by atoms with Gasteiger partial charge in [0.05, 0.1) is 12.8 Å². The lowest BCUT2D eigenvalue weighted by molar-refractivity contribution is 0.143. The van der Waals surface area contributed by atoms with Crippen molar-refractivity contribution < 1.29 is 14.3 Å². The Balaban J connectivity index is 1.95. The molecule has 0 atom stereocenters. The monoisotopic (exact) mass is 335 g/mol. The molecule has 0 unspecified atom stereocenters. The van der Waals surface area contributed by atoms with E-state index in [-0.39, 0.29) is 0 Å². The quantitative estimate of drug-likeness (QED) is 0.839. The van der Waals surface area contributed by atoms with Crippen LogP contribution in [0.15, 0.2) is 48.3 Å². The number of halogens is 1. The summed E-state index contributed by atoms with van der Waals surface area (Å²) in [5.41, 5.74) is 1.62. The number of nitrogens with zero attached hydrogens (tertiary/aromatic N) is 3. The van der Waals surface area contributed by atoms with E-state index < -0.39 is 6.09 Å². The Labute approximate surface area is 139 Å². The van der Waals surface area contributed by atoms with E-state index in [2.05, 4.69) is 9.84 Å². The highest BCUT2D eigenvalue weighted by Crippen LogP contribution is 2.15. The number of hydrogen-bond acceptors (Lipinski definition) is 4. The highest BCUT2D eigenvalue weighted by atomic mass is 35.5. The van der Waals surface area contributed by atoms with Crippen molar-refractivity contribution in [2.45, 2.75) is 6.92 Å². The van der Waals surface area contributed by atoms with Crippen LogP contribution in [0.2, 0.25) is 5.02 Å². The molecule has 2 aromatic rings. The number of benzene rings is 1. The molecule has 0 spiro atoms. The summed E-state index contributed by atoms with van der Waals surface area (Å²) in [6, 6.07) is 9.10.